The van der Waals surface area contributed by atoms with Gasteiger partial charge in [0.05, 0.1) is 13.4 Å². The topological polar surface area (TPSA) is 110 Å². The summed E-state index contributed by atoms with van der Waals surface area (Å²) in [7, 11) is -2.33. The van der Waals surface area contributed by atoms with Gasteiger partial charge in [0.2, 0.25) is 10.0 Å². The fourth-order valence-corrected chi connectivity index (χ4v) is 4.60. The molecule has 2 heterocycles. The van der Waals surface area contributed by atoms with E-state index in [2.05, 4.69) is 9.71 Å². The van der Waals surface area contributed by atoms with E-state index in [1.807, 2.05) is 32.0 Å². The van der Waals surface area contributed by atoms with Gasteiger partial charge in [-0.3, -0.25) is 9.59 Å². The van der Waals surface area contributed by atoms with E-state index in [0.717, 1.165) is 22.9 Å². The molecule has 0 radical (unpaired) electrons. The molecular weight excluding hydrogens is 454 g/mol. The van der Waals surface area contributed by atoms with Gasteiger partial charge in [0.1, 0.15) is 11.4 Å². The molecule has 1 amide bonds. The molecule has 2 aromatic heterocycles. The van der Waals surface area contributed by atoms with Crippen molar-refractivity contribution in [3.05, 3.63) is 87.5 Å². The summed E-state index contributed by atoms with van der Waals surface area (Å²) < 4.78 is 33.2. The Morgan fingerprint density at radius 2 is 1.88 bits per heavy atom. The second kappa shape index (κ2) is 8.83. The van der Waals surface area contributed by atoms with Crippen LogP contribution in [0.3, 0.4) is 0 Å². The Morgan fingerprint density at radius 1 is 1.12 bits per heavy atom. The molecule has 34 heavy (non-hydrogen) atoms. The average Bonchev–Trinajstić information content (AvgIpc) is 3.08. The summed E-state index contributed by atoms with van der Waals surface area (Å²) >= 11 is 0. The number of nitrogens with zero attached hydrogens (tertiary/aromatic N) is 1. The van der Waals surface area contributed by atoms with Crippen molar-refractivity contribution in [1.82, 2.24) is 14.3 Å². The maximum atomic E-state index is 13.4. The van der Waals surface area contributed by atoms with E-state index >= 15 is 0 Å². The molecule has 9 heteroatoms. The van der Waals surface area contributed by atoms with Gasteiger partial charge >= 0.3 is 0 Å². The molecule has 0 saturated carbocycles. The summed E-state index contributed by atoms with van der Waals surface area (Å²) in [6.07, 6.45) is 2.41. The second-order valence-electron chi connectivity index (χ2n) is 8.24. The number of hydrogen-bond acceptors (Lipinski definition) is 5. The van der Waals surface area contributed by atoms with E-state index in [-0.39, 0.29) is 11.3 Å². The van der Waals surface area contributed by atoms with Crippen LogP contribution in [0.4, 0.5) is 0 Å². The number of H-pyrrole nitrogens is 1. The van der Waals surface area contributed by atoms with Gasteiger partial charge in [-0.05, 0) is 55.3 Å². The molecule has 0 bridgehead atoms. The van der Waals surface area contributed by atoms with Crippen LogP contribution < -0.4 is 15.0 Å². The van der Waals surface area contributed by atoms with Gasteiger partial charge in [0.15, 0.2) is 0 Å². The Labute approximate surface area is 197 Å². The normalized spacial score (nSPS) is 11.5. The number of pyridine rings is 1. The molecule has 2 aromatic carbocycles. The highest BCUT2D eigenvalue weighted by Gasteiger charge is 2.27. The van der Waals surface area contributed by atoms with Crippen LogP contribution in [-0.4, -0.2) is 37.2 Å². The van der Waals surface area contributed by atoms with Gasteiger partial charge in [0.25, 0.3) is 11.5 Å². The molecule has 0 saturated heterocycles. The highest BCUT2D eigenvalue weighted by atomic mass is 32.2. The van der Waals surface area contributed by atoms with Crippen LogP contribution in [-0.2, 0) is 16.6 Å². The first-order valence-electron chi connectivity index (χ1n) is 10.6. The average molecular weight is 480 g/mol. The van der Waals surface area contributed by atoms with Crippen LogP contribution in [0.5, 0.6) is 5.75 Å². The first kappa shape index (κ1) is 23.3. The smallest absolute Gasteiger partial charge is 0.282 e. The van der Waals surface area contributed by atoms with E-state index in [0.29, 0.717) is 28.8 Å². The number of carbonyl (C=O) groups is 1. The lowest BCUT2D eigenvalue weighted by atomic mass is 10.0. The van der Waals surface area contributed by atoms with Gasteiger partial charge in [-0.2, -0.15) is 0 Å². The number of carbonyl (C=O) groups excluding carboxylic acids is 1. The van der Waals surface area contributed by atoms with Gasteiger partial charge in [-0.15, -0.1) is 0 Å². The Balaban J connectivity index is 2.10. The fraction of sp³-hybridized carbons (Fsp3) is 0.200. The zero-order chi connectivity index (χ0) is 24.6. The summed E-state index contributed by atoms with van der Waals surface area (Å²) in [5, 5.41) is 0.597. The predicted octanol–water partition coefficient (Wildman–Crippen LogP) is 3.36. The van der Waals surface area contributed by atoms with Crippen molar-refractivity contribution in [3.8, 4) is 16.9 Å². The summed E-state index contributed by atoms with van der Waals surface area (Å²) in [5.41, 5.74) is 4.02. The molecule has 0 spiro atoms. The number of hydrogen-bond donors (Lipinski definition) is 2. The first-order chi connectivity index (χ1) is 16.1. The van der Waals surface area contributed by atoms with Crippen molar-refractivity contribution in [2.45, 2.75) is 20.4 Å². The predicted molar refractivity (Wildman–Crippen MR) is 132 cm³/mol. The van der Waals surface area contributed by atoms with Crippen molar-refractivity contribution in [2.75, 3.05) is 13.4 Å². The molecule has 4 aromatic rings. The summed E-state index contributed by atoms with van der Waals surface area (Å²) in [6, 6.07) is 14.6. The maximum absolute atomic E-state index is 13.4. The van der Waals surface area contributed by atoms with Crippen LogP contribution in [0.1, 0.15) is 27.2 Å². The number of methoxy groups -OCH3 is 1. The third-order valence-corrected chi connectivity index (χ3v) is 6.23. The number of rotatable bonds is 6. The van der Waals surface area contributed by atoms with Crippen LogP contribution in [0, 0.1) is 13.8 Å². The number of fused-ring (bicyclic) bond motifs is 1. The van der Waals surface area contributed by atoms with Gasteiger partial charge in [0, 0.05) is 34.8 Å². The zero-order valence-corrected chi connectivity index (χ0v) is 20.1. The van der Waals surface area contributed by atoms with Crippen molar-refractivity contribution in [3.63, 3.8) is 0 Å². The monoisotopic (exact) mass is 479 g/mol. The Morgan fingerprint density at radius 3 is 2.53 bits per heavy atom. The molecule has 0 aliphatic heterocycles. The van der Waals surface area contributed by atoms with Gasteiger partial charge in [-0.25, -0.2) is 13.1 Å². The molecule has 0 atom stereocenters. The number of ether oxygens (including phenoxy) is 1. The third kappa shape index (κ3) is 4.47. The van der Waals surface area contributed by atoms with Crippen molar-refractivity contribution >= 4 is 26.8 Å². The van der Waals surface area contributed by atoms with Gasteiger partial charge < -0.3 is 14.3 Å². The van der Waals surface area contributed by atoms with Crippen LogP contribution >= 0.6 is 0 Å². The highest BCUT2D eigenvalue weighted by molar-refractivity contribution is 7.89. The standard InChI is InChI=1S/C25H25N3O5S/c1-15-7-8-17(16(2)12-15)14-28-21-10-9-18(33-3)13-20(21)22(19-6-5-11-26-24(19)29)23(28)25(30)27-34(4,31)32/h5-13H,14H2,1-4H3,(H,26,29)(H,27,30). The summed E-state index contributed by atoms with van der Waals surface area (Å²) in [5.74, 6) is -0.277. The Kier molecular flexibility index (Phi) is 6.05. The third-order valence-electron chi connectivity index (χ3n) is 5.68. The molecule has 4 rings (SSSR count). The van der Waals surface area contributed by atoms with Crippen LogP contribution in [0.2, 0.25) is 0 Å². The number of sulfonamides is 1. The second-order valence-corrected chi connectivity index (χ2v) is 9.99. The molecule has 0 fully saturated rings. The van der Waals surface area contributed by atoms with Crippen molar-refractivity contribution < 1.29 is 17.9 Å². The minimum atomic E-state index is -3.86. The quantitative estimate of drug-likeness (QED) is 0.441. The van der Waals surface area contributed by atoms with E-state index < -0.39 is 21.5 Å². The number of nitrogens with one attached hydrogen (secondary N) is 2. The van der Waals surface area contributed by atoms with E-state index in [9.17, 15) is 18.0 Å². The maximum Gasteiger partial charge on any atom is 0.282 e. The lowest BCUT2D eigenvalue weighted by Crippen LogP contribution is -2.32. The summed E-state index contributed by atoms with van der Waals surface area (Å²) in [6.45, 7) is 4.28. The molecule has 0 aliphatic rings. The number of aromatic nitrogens is 2. The molecular formula is C25H25N3O5S. The largest absolute Gasteiger partial charge is 0.497 e. The Hall–Kier alpha value is -3.85. The SMILES string of the molecule is COc1ccc2c(c1)c(-c1ccc[nH]c1=O)c(C(=O)NS(C)(=O)=O)n2Cc1ccc(C)cc1C. The Bertz CT molecular complexity index is 1580. The van der Waals surface area contributed by atoms with Crippen molar-refractivity contribution in [1.29, 1.82) is 0 Å². The van der Waals surface area contributed by atoms with Crippen LogP contribution in [0.15, 0.2) is 59.5 Å². The van der Waals surface area contributed by atoms with E-state index in [1.54, 1.807) is 34.9 Å². The molecule has 2 N–H and O–H groups in total. The molecule has 0 unspecified atom stereocenters. The fourth-order valence-electron chi connectivity index (χ4n) is 4.16. The molecule has 0 aliphatic carbocycles. The lowest BCUT2D eigenvalue weighted by molar-refractivity contribution is 0.0974. The van der Waals surface area contributed by atoms with E-state index in [4.69, 9.17) is 4.74 Å². The van der Waals surface area contributed by atoms with E-state index in [1.165, 1.54) is 13.3 Å². The lowest BCUT2D eigenvalue weighted by Gasteiger charge is -2.14. The number of amides is 1. The summed E-state index contributed by atoms with van der Waals surface area (Å²) in [4.78, 5) is 28.8. The van der Waals surface area contributed by atoms with Crippen LogP contribution in [0.25, 0.3) is 22.0 Å². The van der Waals surface area contributed by atoms with Gasteiger partial charge in [-0.1, -0.05) is 23.8 Å². The molecule has 8 nitrogen and oxygen atoms in total. The number of benzene rings is 2. The number of aryl methyl sites for hydroxylation is 2. The zero-order valence-electron chi connectivity index (χ0n) is 19.3. The first-order valence-corrected chi connectivity index (χ1v) is 12.4. The number of aromatic amines is 1. The minimum Gasteiger partial charge on any atom is -0.497 e. The molecule has 176 valence electrons. The highest BCUT2D eigenvalue weighted by Crippen LogP contribution is 2.36. The van der Waals surface area contributed by atoms with Crippen molar-refractivity contribution in [2.24, 2.45) is 0 Å². The minimum absolute atomic E-state index is 0.0744.